The number of hydrogen-bond donors (Lipinski definition) is 8. The second-order valence-corrected chi connectivity index (χ2v) is 32.2. The van der Waals surface area contributed by atoms with Crippen molar-refractivity contribution in [2.75, 3.05) is 13.1 Å². The molecule has 92 heavy (non-hydrogen) atoms. The third-order valence-corrected chi connectivity index (χ3v) is 15.4. The van der Waals surface area contributed by atoms with E-state index in [2.05, 4.69) is 181 Å². The van der Waals surface area contributed by atoms with Crippen molar-refractivity contribution in [2.45, 2.75) is 245 Å². The number of aromatic nitrogens is 6. The Balaban J connectivity index is 0.000000276. The molecule has 3 aromatic carbocycles. The number of benzene rings is 3. The van der Waals surface area contributed by atoms with Crippen molar-refractivity contribution >= 4 is 59.3 Å². The quantitative estimate of drug-likeness (QED) is 0.0670. The normalized spacial score (nSPS) is 16.8. The van der Waals surface area contributed by atoms with Crippen LogP contribution in [0.1, 0.15) is 225 Å². The third kappa shape index (κ3) is 25.8. The van der Waals surface area contributed by atoms with Gasteiger partial charge in [0.1, 0.15) is 5.75 Å². The molecular formula is C66H111B6N7O13. The molecule has 8 heterocycles. The Bertz CT molecular complexity index is 3200. The van der Waals surface area contributed by atoms with Gasteiger partial charge in [-0.05, 0) is 103 Å². The molecule has 2 aromatic heterocycles. The van der Waals surface area contributed by atoms with E-state index in [1.807, 2.05) is 86.6 Å². The molecule has 6 aliphatic heterocycles. The molecule has 506 valence electrons. The summed E-state index contributed by atoms with van der Waals surface area (Å²) in [7, 11) is -3.27. The van der Waals surface area contributed by atoms with Crippen LogP contribution in [0.2, 0.25) is 12.6 Å². The first-order valence-corrected chi connectivity index (χ1v) is 31.8. The Hall–Kier alpha value is -5.29. The molecule has 26 heteroatoms. The molecule has 1 fully saturated rings. The standard InChI is InChI=1S/C12H17BO.2C11H15BO2.C7H13BO2.C7H15BO2.C6H12BNO2.C6H10N2O2.C5H10N4.CH4/c1-12(2,3)10-5-4-9-6-7-13(14)11(9)8-10;1-11(2,3)9-4-5-10-8(6-9)7-14-12(10)13;1-11(2,3)9-5-4-8-7-12(13)14-10(8)6-9;1-7(2,3)6-4-5-10-8(6)9;1-7(2,3)6-4-5-8(9)10-6;1-6(2,3)5-8-4-7(9)10-5;1-6(2,3)4-7-5(9)10-8-4;1-5(2,3)4-6-8-9-7-4;/h4-5,8,14H,6-7H2,1-3H3;2*4-6,13H,7H2,1-3H3;4,9H,5H2,1-3H3;6,9H,4-5H2,1-3H3;9H,4H2,1-3H3;1-3H3,(H,7,8,9);1-3H3,(H,6,7,8,9);1H4. The number of nitrogens with zero attached hydrogens (tertiary/aromatic N) is 5. The van der Waals surface area contributed by atoms with E-state index in [-0.39, 0.29) is 63.8 Å². The average molecular weight is 1280 g/mol. The number of aryl methyl sites for hydroxylation is 1. The van der Waals surface area contributed by atoms with Crippen molar-refractivity contribution in [1.82, 2.24) is 30.8 Å². The van der Waals surface area contributed by atoms with Gasteiger partial charge in [-0.3, -0.25) is 14.5 Å². The summed E-state index contributed by atoms with van der Waals surface area (Å²) in [6.07, 6.45) is 6.88. The van der Waals surface area contributed by atoms with Crippen molar-refractivity contribution < 1.29 is 57.9 Å². The molecule has 0 aliphatic carbocycles. The van der Waals surface area contributed by atoms with E-state index >= 15 is 0 Å². The highest BCUT2D eigenvalue weighted by Crippen LogP contribution is 2.34. The van der Waals surface area contributed by atoms with Gasteiger partial charge < -0.3 is 53.4 Å². The lowest BCUT2D eigenvalue weighted by atomic mass is 9.62. The van der Waals surface area contributed by atoms with Gasteiger partial charge in [0.15, 0.2) is 17.5 Å². The fourth-order valence-electron chi connectivity index (χ4n) is 9.58. The lowest BCUT2D eigenvalue weighted by Gasteiger charge is -2.26. The third-order valence-electron chi connectivity index (χ3n) is 15.4. The van der Waals surface area contributed by atoms with E-state index in [0.29, 0.717) is 37.7 Å². The Morgan fingerprint density at radius 3 is 1.53 bits per heavy atom. The fraction of sp³-hybridized carbons (Fsp3) is 0.636. The number of hydrogen-bond acceptors (Lipinski definition) is 18. The maximum Gasteiger partial charge on any atom is 0.546 e. The van der Waals surface area contributed by atoms with E-state index in [4.69, 9.17) is 33.3 Å². The molecule has 11 rings (SSSR count). The summed E-state index contributed by atoms with van der Waals surface area (Å²) in [6.45, 7) is 51.1. The van der Waals surface area contributed by atoms with Gasteiger partial charge in [-0.1, -0.05) is 244 Å². The molecular weight excluding hydrogens is 1160 g/mol. The molecule has 0 bridgehead atoms. The number of allylic oxidation sites excluding steroid dienone is 1. The number of aliphatic imine (C=N–C) groups is 1. The first-order valence-electron chi connectivity index (χ1n) is 31.8. The lowest BCUT2D eigenvalue weighted by molar-refractivity contribution is 0.0909. The van der Waals surface area contributed by atoms with Crippen molar-refractivity contribution in [3.05, 3.63) is 122 Å². The minimum Gasteiger partial charge on any atom is -0.536 e. The zero-order valence-electron chi connectivity index (χ0n) is 59.2. The van der Waals surface area contributed by atoms with Gasteiger partial charge >= 0.3 is 48.3 Å². The Morgan fingerprint density at radius 2 is 1.14 bits per heavy atom. The van der Waals surface area contributed by atoms with E-state index in [1.54, 1.807) is 0 Å². The summed E-state index contributed by atoms with van der Waals surface area (Å²) in [5.74, 6) is 2.33. The van der Waals surface area contributed by atoms with Crippen LogP contribution >= 0.6 is 0 Å². The molecule has 6 aliphatic rings. The minimum absolute atomic E-state index is 0. The van der Waals surface area contributed by atoms with Gasteiger partial charge in [-0.15, -0.1) is 10.2 Å². The molecule has 1 unspecified atom stereocenters. The van der Waals surface area contributed by atoms with E-state index < -0.39 is 41.3 Å². The SMILES string of the molecule is C.CC(C)(C)C1=CCOB1O.CC(C)(C)C1=NCB(O)O1.CC(C)(C)C1CCB(O)O1.CC(C)(C)c1ccc2c(c1)B(O)CC2.CC(C)(C)c1ccc2c(c1)COB2O.CC(C)(C)c1ccc2c(c1)OB(O)C2.CC(C)(C)c1nn[nH]n1.CC(C)(C)c1noc(=O)[nH]1. The topological polar surface area (TPSA) is 293 Å². The van der Waals surface area contributed by atoms with Crippen molar-refractivity contribution in [2.24, 2.45) is 21.2 Å². The number of nitrogens with one attached hydrogen (secondary N) is 2. The smallest absolute Gasteiger partial charge is 0.536 e. The number of fused-ring (bicyclic) bond motifs is 3. The predicted molar refractivity (Wildman–Crippen MR) is 376 cm³/mol. The van der Waals surface area contributed by atoms with Crippen LogP contribution in [-0.4, -0.2) is 128 Å². The molecule has 0 spiro atoms. The Labute approximate surface area is 552 Å². The largest absolute Gasteiger partial charge is 0.546 e. The molecule has 8 N–H and O–H groups in total. The van der Waals surface area contributed by atoms with Gasteiger partial charge in [0.25, 0.3) is 0 Å². The van der Waals surface area contributed by atoms with Gasteiger partial charge in [0.05, 0.1) is 13.1 Å². The van der Waals surface area contributed by atoms with E-state index in [0.717, 1.165) is 64.6 Å². The first-order chi connectivity index (χ1) is 41.5. The van der Waals surface area contributed by atoms with Crippen molar-refractivity contribution in [3.63, 3.8) is 0 Å². The number of H-pyrrole nitrogens is 2. The van der Waals surface area contributed by atoms with Gasteiger partial charge in [-0.2, -0.15) is 5.21 Å². The highest BCUT2D eigenvalue weighted by Gasteiger charge is 2.37. The van der Waals surface area contributed by atoms with Crippen LogP contribution in [0.4, 0.5) is 0 Å². The van der Waals surface area contributed by atoms with Crippen LogP contribution in [0.15, 0.2) is 80.5 Å². The maximum absolute atomic E-state index is 10.5. The Morgan fingerprint density at radius 1 is 0.565 bits per heavy atom. The summed E-state index contributed by atoms with van der Waals surface area (Å²) in [6, 6.07) is 18.9. The van der Waals surface area contributed by atoms with Crippen LogP contribution in [0.25, 0.3) is 0 Å². The summed E-state index contributed by atoms with van der Waals surface area (Å²) in [5.41, 5.74) is 10.9. The second kappa shape index (κ2) is 32.9. The maximum atomic E-state index is 10.5. The van der Waals surface area contributed by atoms with Crippen LogP contribution in [0.5, 0.6) is 5.75 Å². The fourth-order valence-corrected chi connectivity index (χ4v) is 9.58. The van der Waals surface area contributed by atoms with Gasteiger partial charge in [0.2, 0.25) is 0 Å². The van der Waals surface area contributed by atoms with Crippen LogP contribution in [-0.2, 0) is 65.0 Å². The number of rotatable bonds is 0. The highest BCUT2D eigenvalue weighted by molar-refractivity contribution is 6.68. The summed E-state index contributed by atoms with van der Waals surface area (Å²) in [4.78, 5) is 17.0. The molecule has 20 nitrogen and oxygen atoms in total. The van der Waals surface area contributed by atoms with E-state index in [1.165, 1.54) is 22.3 Å². The van der Waals surface area contributed by atoms with Crippen LogP contribution in [0.3, 0.4) is 0 Å². The van der Waals surface area contributed by atoms with Gasteiger partial charge in [-0.25, -0.2) is 4.79 Å². The van der Waals surface area contributed by atoms with E-state index in [9.17, 15) is 24.9 Å². The number of tetrazole rings is 1. The molecule has 5 aromatic rings. The minimum atomic E-state index is -0.723. The Kier molecular flexibility index (Phi) is 29.0. The van der Waals surface area contributed by atoms with Crippen molar-refractivity contribution in [3.8, 4) is 5.75 Å². The first kappa shape index (κ1) is 80.9. The highest BCUT2D eigenvalue weighted by atomic mass is 16.5. The zero-order valence-corrected chi connectivity index (χ0v) is 59.2. The molecule has 0 amide bonds. The van der Waals surface area contributed by atoms with Crippen LogP contribution < -0.4 is 21.3 Å². The summed E-state index contributed by atoms with van der Waals surface area (Å²) < 4.78 is 30.0. The number of aromatic amines is 2. The van der Waals surface area contributed by atoms with Gasteiger partial charge in [0, 0.05) is 35.3 Å². The predicted octanol–water partition coefficient (Wildman–Crippen LogP) is 9.46. The monoisotopic (exact) mass is 1280 g/mol. The molecule has 0 saturated carbocycles. The van der Waals surface area contributed by atoms with Crippen molar-refractivity contribution in [1.29, 1.82) is 0 Å². The average Bonchev–Trinajstić information content (AvgIpc) is 1.65. The molecule has 1 atom stereocenters. The summed E-state index contributed by atoms with van der Waals surface area (Å²) in [5, 5.41) is 72.8. The lowest BCUT2D eigenvalue weighted by Crippen LogP contribution is -2.28. The summed E-state index contributed by atoms with van der Waals surface area (Å²) >= 11 is 0. The second-order valence-electron chi connectivity index (χ2n) is 32.2. The zero-order chi connectivity index (χ0) is 69.0. The van der Waals surface area contributed by atoms with Crippen LogP contribution in [0, 0.1) is 16.2 Å². The molecule has 0 radical (unpaired) electrons. The molecule has 1 saturated heterocycles.